The number of anilines is 1. The summed E-state index contributed by atoms with van der Waals surface area (Å²) in [5, 5.41) is 8.78. The Kier molecular flexibility index (Phi) is 8.19. The number of unbranched alkanes of at least 4 members (excludes halogenated alkanes) is 2. The van der Waals surface area contributed by atoms with Crippen molar-refractivity contribution in [1.29, 1.82) is 0 Å². The maximum atomic E-state index is 13.5. The number of thiocarbonyl (C=S) groups is 1. The summed E-state index contributed by atoms with van der Waals surface area (Å²) in [6.07, 6.45) is 5.37. The molecule has 1 amide bonds. The fourth-order valence-corrected chi connectivity index (χ4v) is 5.57. The average Bonchev–Trinajstić information content (AvgIpc) is 3.12. The van der Waals surface area contributed by atoms with E-state index in [1.54, 1.807) is 29.3 Å². The number of amides is 1. The van der Waals surface area contributed by atoms with Crippen LogP contribution in [0.1, 0.15) is 38.2 Å². The molecular formula is C24H29N5O4S2. The number of aromatic nitrogens is 2. The fraction of sp³-hybridized carbons (Fsp3) is 0.458. The van der Waals surface area contributed by atoms with E-state index < -0.39 is 5.97 Å². The van der Waals surface area contributed by atoms with Crippen molar-refractivity contribution in [1.82, 2.24) is 19.2 Å². The molecule has 2 aliphatic heterocycles. The van der Waals surface area contributed by atoms with Gasteiger partial charge in [-0.25, -0.2) is 4.98 Å². The molecule has 35 heavy (non-hydrogen) atoms. The van der Waals surface area contributed by atoms with Crippen LogP contribution in [-0.4, -0.2) is 79.8 Å². The molecule has 2 fully saturated rings. The first-order valence-electron chi connectivity index (χ1n) is 11.8. The number of rotatable bonds is 9. The lowest BCUT2D eigenvalue weighted by atomic mass is 10.2. The molecule has 9 nitrogen and oxygen atoms in total. The van der Waals surface area contributed by atoms with Crippen LogP contribution in [0.15, 0.2) is 34.1 Å². The number of likely N-dealkylation sites (N-methyl/N-ethyl adjacent to an activating group) is 1. The molecule has 4 heterocycles. The van der Waals surface area contributed by atoms with Crippen molar-refractivity contribution in [2.45, 2.75) is 32.6 Å². The van der Waals surface area contributed by atoms with Gasteiger partial charge >= 0.3 is 5.97 Å². The van der Waals surface area contributed by atoms with Gasteiger partial charge in [0, 0.05) is 45.3 Å². The van der Waals surface area contributed by atoms with Gasteiger partial charge in [0.2, 0.25) is 0 Å². The summed E-state index contributed by atoms with van der Waals surface area (Å²) >= 11 is 6.63. The lowest BCUT2D eigenvalue weighted by Gasteiger charge is -2.35. The molecule has 2 aromatic rings. The second-order valence-corrected chi connectivity index (χ2v) is 10.2. The van der Waals surface area contributed by atoms with Crippen molar-refractivity contribution in [3.8, 4) is 0 Å². The molecule has 1 N–H and O–H groups in total. The van der Waals surface area contributed by atoms with Gasteiger partial charge in [0.05, 0.1) is 10.5 Å². The van der Waals surface area contributed by atoms with Gasteiger partial charge < -0.3 is 14.9 Å². The molecule has 0 atom stereocenters. The molecule has 2 aromatic heterocycles. The molecule has 0 unspecified atom stereocenters. The second-order valence-electron chi connectivity index (χ2n) is 8.54. The molecule has 0 aromatic carbocycles. The predicted molar refractivity (Wildman–Crippen MR) is 142 cm³/mol. The number of carbonyl (C=O) groups excluding carboxylic acids is 1. The molecule has 186 valence electrons. The fourth-order valence-electron chi connectivity index (χ4n) is 4.28. The number of carboxylic acids is 1. The Morgan fingerprint density at radius 3 is 2.66 bits per heavy atom. The Morgan fingerprint density at radius 1 is 1.17 bits per heavy atom. The minimum Gasteiger partial charge on any atom is -0.481 e. The topological polar surface area (TPSA) is 98.5 Å². The maximum absolute atomic E-state index is 13.5. The third-order valence-electron chi connectivity index (χ3n) is 6.29. The van der Waals surface area contributed by atoms with Gasteiger partial charge in [-0.3, -0.25) is 23.7 Å². The minimum absolute atomic E-state index is 0.118. The first-order valence-corrected chi connectivity index (χ1v) is 13.1. The van der Waals surface area contributed by atoms with Gasteiger partial charge in [-0.2, -0.15) is 0 Å². The number of fused-ring (bicyclic) bond motifs is 1. The molecule has 11 heteroatoms. The number of hydrogen-bond acceptors (Lipinski definition) is 8. The van der Waals surface area contributed by atoms with Gasteiger partial charge in [-0.15, -0.1) is 0 Å². The number of carbonyl (C=O) groups is 2. The number of thioether (sulfide) groups is 1. The zero-order chi connectivity index (χ0) is 24.9. The van der Waals surface area contributed by atoms with Crippen LogP contribution in [0.4, 0.5) is 5.82 Å². The van der Waals surface area contributed by atoms with Crippen LogP contribution in [0.25, 0.3) is 11.7 Å². The summed E-state index contributed by atoms with van der Waals surface area (Å²) in [6, 6.07) is 5.44. The number of aliphatic carboxylic acids is 1. The molecule has 2 saturated heterocycles. The lowest BCUT2D eigenvalue weighted by Crippen LogP contribution is -2.47. The Labute approximate surface area is 213 Å². The summed E-state index contributed by atoms with van der Waals surface area (Å²) < 4.78 is 1.95. The van der Waals surface area contributed by atoms with E-state index in [0.717, 1.165) is 32.7 Å². The molecule has 0 radical (unpaired) electrons. The average molecular weight is 516 g/mol. The number of pyridine rings is 1. The van der Waals surface area contributed by atoms with Crippen molar-refractivity contribution in [2.24, 2.45) is 0 Å². The second kappa shape index (κ2) is 11.3. The first-order chi connectivity index (χ1) is 16.9. The van der Waals surface area contributed by atoms with E-state index >= 15 is 0 Å². The third-order valence-corrected chi connectivity index (χ3v) is 7.67. The standard InChI is InChI=1S/C24H29N5O4S2/c1-2-26-12-14-27(15-13-26)21-17(22(32)28-10-7-5-8-19(28)25-21)16-18-23(33)29(24(34)35-18)11-6-3-4-9-20(30)31/h5,7-8,10,16H,2-4,6,9,11-15H2,1H3,(H,30,31)/b18-16-. The van der Waals surface area contributed by atoms with Crippen molar-refractivity contribution < 1.29 is 14.7 Å². The molecule has 0 saturated carbocycles. The minimum atomic E-state index is -0.819. The van der Waals surface area contributed by atoms with E-state index in [9.17, 15) is 14.4 Å². The van der Waals surface area contributed by atoms with Crippen LogP contribution in [0.2, 0.25) is 0 Å². The van der Waals surface area contributed by atoms with Crippen LogP contribution in [0, 0.1) is 0 Å². The maximum Gasteiger partial charge on any atom is 0.303 e. The van der Waals surface area contributed by atoms with Gasteiger partial charge in [-0.1, -0.05) is 43.4 Å². The Bertz CT molecular complexity index is 1220. The van der Waals surface area contributed by atoms with Crippen LogP contribution in [0.5, 0.6) is 0 Å². The lowest BCUT2D eigenvalue weighted by molar-refractivity contribution is -0.137. The SMILES string of the molecule is CCN1CCN(c2nc3ccccn3c(=O)c2/C=C2\SC(=S)N(CCCCCC(=O)O)C2=O)CC1. The van der Waals surface area contributed by atoms with Gasteiger partial charge in [-0.05, 0) is 37.6 Å². The van der Waals surface area contributed by atoms with Gasteiger partial charge in [0.1, 0.15) is 15.8 Å². The van der Waals surface area contributed by atoms with E-state index in [1.165, 1.54) is 16.2 Å². The summed E-state index contributed by atoms with van der Waals surface area (Å²) in [7, 11) is 0. The van der Waals surface area contributed by atoms with Crippen molar-refractivity contribution >= 4 is 57.7 Å². The van der Waals surface area contributed by atoms with Gasteiger partial charge in [0.15, 0.2) is 0 Å². The molecular weight excluding hydrogens is 486 g/mol. The van der Waals surface area contributed by atoms with E-state index in [-0.39, 0.29) is 17.9 Å². The van der Waals surface area contributed by atoms with E-state index in [4.69, 9.17) is 22.3 Å². The van der Waals surface area contributed by atoms with E-state index in [1.807, 2.05) is 6.07 Å². The van der Waals surface area contributed by atoms with Crippen LogP contribution in [-0.2, 0) is 9.59 Å². The highest BCUT2D eigenvalue weighted by Crippen LogP contribution is 2.34. The first kappa shape index (κ1) is 25.3. The molecule has 4 rings (SSSR count). The molecule has 0 spiro atoms. The highest BCUT2D eigenvalue weighted by molar-refractivity contribution is 8.26. The smallest absolute Gasteiger partial charge is 0.303 e. The third kappa shape index (κ3) is 5.74. The zero-order valence-electron chi connectivity index (χ0n) is 19.7. The molecule has 0 aliphatic carbocycles. The van der Waals surface area contributed by atoms with E-state index in [2.05, 4.69) is 16.7 Å². The number of carboxylic acid groups (broad SMARTS) is 1. The van der Waals surface area contributed by atoms with Crippen molar-refractivity contribution in [2.75, 3.05) is 44.2 Å². The highest BCUT2D eigenvalue weighted by atomic mass is 32.2. The van der Waals surface area contributed by atoms with Crippen molar-refractivity contribution in [3.05, 3.63) is 45.2 Å². The molecule has 2 aliphatic rings. The Morgan fingerprint density at radius 2 is 1.94 bits per heavy atom. The number of piperazine rings is 1. The van der Waals surface area contributed by atoms with Crippen LogP contribution in [0.3, 0.4) is 0 Å². The van der Waals surface area contributed by atoms with E-state index in [0.29, 0.717) is 52.1 Å². The number of nitrogens with zero attached hydrogens (tertiary/aromatic N) is 5. The highest BCUT2D eigenvalue weighted by Gasteiger charge is 2.32. The largest absolute Gasteiger partial charge is 0.481 e. The Hall–Kier alpha value is -2.76. The van der Waals surface area contributed by atoms with Crippen molar-refractivity contribution in [3.63, 3.8) is 0 Å². The number of hydrogen-bond donors (Lipinski definition) is 1. The zero-order valence-corrected chi connectivity index (χ0v) is 21.3. The quantitative estimate of drug-likeness (QED) is 0.307. The van der Waals surface area contributed by atoms with Crippen LogP contribution >= 0.6 is 24.0 Å². The summed E-state index contributed by atoms with van der Waals surface area (Å²) in [6.45, 7) is 6.82. The summed E-state index contributed by atoms with van der Waals surface area (Å²) in [4.78, 5) is 48.6. The molecule has 0 bridgehead atoms. The monoisotopic (exact) mass is 515 g/mol. The van der Waals surface area contributed by atoms with Crippen LogP contribution < -0.4 is 10.5 Å². The predicted octanol–water partition coefficient (Wildman–Crippen LogP) is 2.68. The Balaban J connectivity index is 1.61. The normalized spacial score (nSPS) is 18.3. The summed E-state index contributed by atoms with van der Waals surface area (Å²) in [5.74, 6) is -0.450. The summed E-state index contributed by atoms with van der Waals surface area (Å²) in [5.41, 5.74) is 0.736. The van der Waals surface area contributed by atoms with Gasteiger partial charge in [0.25, 0.3) is 11.5 Å².